The quantitative estimate of drug-likeness (QED) is 0.163. The van der Waals surface area contributed by atoms with Crippen molar-refractivity contribution < 1.29 is 14.7 Å². The Labute approximate surface area is 98.7 Å². The second-order valence-electron chi connectivity index (χ2n) is 3.07. The number of amides is 1. The second-order valence-corrected chi connectivity index (χ2v) is 3.38. The number of rotatable bonds is 7. The van der Waals surface area contributed by atoms with E-state index in [1.54, 1.807) is 0 Å². The van der Waals surface area contributed by atoms with Crippen LogP contribution in [0.4, 0.5) is 0 Å². The molecule has 0 unspecified atom stereocenters. The van der Waals surface area contributed by atoms with Crippen molar-refractivity contribution in [2.45, 2.75) is 18.9 Å². The van der Waals surface area contributed by atoms with Gasteiger partial charge in [0.15, 0.2) is 5.96 Å². The summed E-state index contributed by atoms with van der Waals surface area (Å²) in [4.78, 5) is 25.4. The highest BCUT2D eigenvalue weighted by Crippen LogP contribution is 1.98. The molecule has 0 aliphatic carbocycles. The van der Waals surface area contributed by atoms with E-state index in [4.69, 9.17) is 16.6 Å². The maximum absolute atomic E-state index is 10.9. The van der Waals surface area contributed by atoms with E-state index in [0.29, 0.717) is 13.0 Å². The number of hydrogen-bond acceptors (Lipinski definition) is 4. The minimum absolute atomic E-state index is 0.0359. The maximum atomic E-state index is 10.9. The van der Waals surface area contributed by atoms with Crippen molar-refractivity contribution in [1.29, 1.82) is 0 Å². The number of carbonyl (C=O) groups is 2. The molecule has 0 fully saturated rings. The van der Waals surface area contributed by atoms with Gasteiger partial charge in [0.25, 0.3) is 0 Å². The van der Waals surface area contributed by atoms with Gasteiger partial charge in [-0.25, -0.2) is 4.79 Å². The Hall–Kier alpha value is -1.44. The molecule has 0 aliphatic rings. The summed E-state index contributed by atoms with van der Waals surface area (Å²) in [6.07, 6.45) is 0.743. The molecule has 1 atom stereocenters. The molecular formula is C8H16N4O3S. The molecular weight excluding hydrogens is 232 g/mol. The van der Waals surface area contributed by atoms with Crippen LogP contribution in [0.1, 0.15) is 12.8 Å². The molecule has 8 heteroatoms. The lowest BCUT2D eigenvalue weighted by Gasteiger charge is -2.12. The first-order valence-corrected chi connectivity index (χ1v) is 5.29. The fourth-order valence-electron chi connectivity index (χ4n) is 1.00. The third-order valence-electron chi connectivity index (χ3n) is 1.72. The molecule has 1 amide bonds. The van der Waals surface area contributed by atoms with Crippen LogP contribution in [0.15, 0.2) is 4.99 Å². The number of nitrogens with two attached hydrogens (primary N) is 2. The Morgan fingerprint density at radius 1 is 1.44 bits per heavy atom. The molecule has 0 aromatic heterocycles. The van der Waals surface area contributed by atoms with Gasteiger partial charge < -0.3 is 21.9 Å². The SMILES string of the molecule is NC(N)=NCCC[C@H](NC(=O)CS)C(=O)O. The molecule has 7 nitrogen and oxygen atoms in total. The Morgan fingerprint density at radius 3 is 2.50 bits per heavy atom. The van der Waals surface area contributed by atoms with Crippen molar-refractivity contribution in [3.63, 3.8) is 0 Å². The number of nitrogens with one attached hydrogen (secondary N) is 1. The molecule has 0 aromatic carbocycles. The third kappa shape index (κ3) is 6.93. The lowest BCUT2D eigenvalue weighted by atomic mass is 10.1. The zero-order valence-corrected chi connectivity index (χ0v) is 9.61. The van der Waals surface area contributed by atoms with Crippen molar-refractivity contribution >= 4 is 30.5 Å². The van der Waals surface area contributed by atoms with Gasteiger partial charge in [-0.05, 0) is 12.8 Å². The molecule has 92 valence electrons. The largest absolute Gasteiger partial charge is 0.480 e. The molecule has 0 saturated heterocycles. The normalized spacial score (nSPS) is 11.6. The van der Waals surface area contributed by atoms with Gasteiger partial charge in [-0.15, -0.1) is 0 Å². The first-order valence-electron chi connectivity index (χ1n) is 4.65. The van der Waals surface area contributed by atoms with Gasteiger partial charge in [0.2, 0.25) is 5.91 Å². The number of aliphatic carboxylic acids is 1. The van der Waals surface area contributed by atoms with E-state index in [9.17, 15) is 9.59 Å². The van der Waals surface area contributed by atoms with Crippen molar-refractivity contribution in [3.05, 3.63) is 0 Å². The Bertz CT molecular complexity index is 278. The van der Waals surface area contributed by atoms with Gasteiger partial charge in [-0.3, -0.25) is 9.79 Å². The molecule has 0 rings (SSSR count). The van der Waals surface area contributed by atoms with E-state index in [0.717, 1.165) is 0 Å². The summed E-state index contributed by atoms with van der Waals surface area (Å²) in [6, 6.07) is -0.922. The van der Waals surface area contributed by atoms with E-state index >= 15 is 0 Å². The number of carboxylic acid groups (broad SMARTS) is 1. The van der Waals surface area contributed by atoms with E-state index in [2.05, 4.69) is 22.9 Å². The number of aliphatic imine (C=N–C) groups is 1. The third-order valence-corrected chi connectivity index (χ3v) is 2.01. The van der Waals surface area contributed by atoms with Gasteiger partial charge in [0.05, 0.1) is 5.75 Å². The maximum Gasteiger partial charge on any atom is 0.326 e. The second kappa shape index (κ2) is 7.80. The van der Waals surface area contributed by atoms with Gasteiger partial charge >= 0.3 is 5.97 Å². The van der Waals surface area contributed by atoms with Crippen LogP contribution in [0.3, 0.4) is 0 Å². The van der Waals surface area contributed by atoms with Crippen molar-refractivity contribution in [2.24, 2.45) is 16.5 Å². The minimum atomic E-state index is -1.08. The molecule has 0 bridgehead atoms. The highest BCUT2D eigenvalue weighted by Gasteiger charge is 2.18. The summed E-state index contributed by atoms with van der Waals surface area (Å²) >= 11 is 3.73. The fraction of sp³-hybridized carbons (Fsp3) is 0.625. The number of thiol groups is 1. The predicted molar refractivity (Wildman–Crippen MR) is 63.3 cm³/mol. The fourth-order valence-corrected chi connectivity index (χ4v) is 1.09. The lowest BCUT2D eigenvalue weighted by Crippen LogP contribution is -2.41. The molecule has 0 aliphatic heterocycles. The first kappa shape index (κ1) is 14.6. The molecule has 0 radical (unpaired) electrons. The van der Waals surface area contributed by atoms with Crippen molar-refractivity contribution in [3.8, 4) is 0 Å². The lowest BCUT2D eigenvalue weighted by molar-refractivity contribution is -0.141. The van der Waals surface area contributed by atoms with Gasteiger partial charge in [-0.2, -0.15) is 12.6 Å². The van der Waals surface area contributed by atoms with Crippen LogP contribution in [0.5, 0.6) is 0 Å². The van der Waals surface area contributed by atoms with Crippen LogP contribution in [0.25, 0.3) is 0 Å². The smallest absolute Gasteiger partial charge is 0.326 e. The molecule has 0 heterocycles. The van der Waals surface area contributed by atoms with Gasteiger partial charge in [0, 0.05) is 6.54 Å². The zero-order chi connectivity index (χ0) is 12.6. The average molecular weight is 248 g/mol. The van der Waals surface area contributed by atoms with E-state index in [1.807, 2.05) is 0 Å². The molecule has 0 aromatic rings. The number of carbonyl (C=O) groups excluding carboxylic acids is 1. The standard InChI is InChI=1S/C8H16N4O3S/c9-8(10)11-3-1-2-5(7(14)15)12-6(13)4-16/h5,16H,1-4H2,(H,12,13)(H,14,15)(H4,9,10,11)/t5-/m0/s1. The molecule has 0 spiro atoms. The average Bonchev–Trinajstić information content (AvgIpc) is 2.21. The highest BCUT2D eigenvalue weighted by molar-refractivity contribution is 7.81. The van der Waals surface area contributed by atoms with Crippen LogP contribution in [0, 0.1) is 0 Å². The van der Waals surface area contributed by atoms with Crippen LogP contribution in [-0.4, -0.2) is 41.3 Å². The van der Waals surface area contributed by atoms with E-state index < -0.39 is 17.9 Å². The Morgan fingerprint density at radius 2 is 2.06 bits per heavy atom. The molecule has 6 N–H and O–H groups in total. The van der Waals surface area contributed by atoms with Crippen LogP contribution >= 0.6 is 12.6 Å². The van der Waals surface area contributed by atoms with Crippen LogP contribution in [-0.2, 0) is 9.59 Å². The minimum Gasteiger partial charge on any atom is -0.480 e. The van der Waals surface area contributed by atoms with E-state index in [-0.39, 0.29) is 18.1 Å². The van der Waals surface area contributed by atoms with E-state index in [1.165, 1.54) is 0 Å². The Kier molecular flexibility index (Phi) is 7.10. The van der Waals surface area contributed by atoms with Gasteiger partial charge in [-0.1, -0.05) is 0 Å². The topological polar surface area (TPSA) is 131 Å². The molecule has 16 heavy (non-hydrogen) atoms. The van der Waals surface area contributed by atoms with Crippen molar-refractivity contribution in [1.82, 2.24) is 5.32 Å². The number of nitrogens with zero attached hydrogens (tertiary/aromatic N) is 1. The summed E-state index contributed by atoms with van der Waals surface area (Å²) < 4.78 is 0. The predicted octanol–water partition coefficient (Wildman–Crippen LogP) is -1.46. The summed E-state index contributed by atoms with van der Waals surface area (Å²) in [7, 11) is 0. The zero-order valence-electron chi connectivity index (χ0n) is 8.72. The first-order chi connectivity index (χ1) is 7.47. The molecule has 0 saturated carbocycles. The summed E-state index contributed by atoms with van der Waals surface area (Å²) in [5.41, 5.74) is 10.2. The summed E-state index contributed by atoms with van der Waals surface area (Å²) in [6.45, 7) is 0.336. The van der Waals surface area contributed by atoms with Crippen LogP contribution in [0.2, 0.25) is 0 Å². The van der Waals surface area contributed by atoms with Gasteiger partial charge in [0.1, 0.15) is 6.04 Å². The van der Waals surface area contributed by atoms with Crippen LogP contribution < -0.4 is 16.8 Å². The number of carboxylic acids is 1. The monoisotopic (exact) mass is 248 g/mol. The summed E-state index contributed by atoms with van der Waals surface area (Å²) in [5.74, 6) is -1.58. The van der Waals surface area contributed by atoms with Crippen molar-refractivity contribution in [2.75, 3.05) is 12.3 Å². The number of guanidine groups is 1. The highest BCUT2D eigenvalue weighted by atomic mass is 32.1. The number of hydrogen-bond donors (Lipinski definition) is 5. The summed E-state index contributed by atoms with van der Waals surface area (Å²) in [5, 5.41) is 11.1. The Balaban J connectivity index is 4.00.